The fraction of sp³-hybridized carbons (Fsp3) is 0. The van der Waals surface area contributed by atoms with E-state index in [1.165, 1.54) is 59.8 Å². The number of fused-ring (bicyclic) bond motifs is 11. The maximum absolute atomic E-state index is 6.89. The molecule has 0 N–H and O–H groups in total. The van der Waals surface area contributed by atoms with Crippen LogP contribution in [0.4, 0.5) is 0 Å². The fourth-order valence-corrected chi connectivity index (χ4v) is 9.18. The summed E-state index contributed by atoms with van der Waals surface area (Å²) in [6.45, 7) is 0. The van der Waals surface area contributed by atoms with Crippen LogP contribution in [0.1, 0.15) is 0 Å². The molecule has 2 nitrogen and oxygen atoms in total. The molecule has 0 atom stereocenters. The topological polar surface area (TPSA) is 26.3 Å². The summed E-state index contributed by atoms with van der Waals surface area (Å²) in [4.78, 5) is 0. The first-order chi connectivity index (χ1) is 26.8. The lowest BCUT2D eigenvalue weighted by molar-refractivity contribution is 0.665. The zero-order valence-corrected chi connectivity index (χ0v) is 29.1. The second kappa shape index (κ2) is 11.2. The van der Waals surface area contributed by atoms with E-state index in [0.717, 1.165) is 60.6 Å². The van der Waals surface area contributed by atoms with Gasteiger partial charge in [0.25, 0.3) is 0 Å². The zero-order chi connectivity index (χ0) is 35.3. The van der Waals surface area contributed by atoms with Gasteiger partial charge in [0.2, 0.25) is 0 Å². The van der Waals surface area contributed by atoms with E-state index in [9.17, 15) is 0 Å². The molecular weight excluding hydrogens is 657 g/mol. The molecule has 10 aromatic carbocycles. The van der Waals surface area contributed by atoms with Gasteiger partial charge in [-0.25, -0.2) is 0 Å². The third-order valence-electron chi connectivity index (χ3n) is 11.5. The van der Waals surface area contributed by atoms with Crippen molar-refractivity contribution in [3.05, 3.63) is 182 Å². The molecule has 0 bridgehead atoms. The van der Waals surface area contributed by atoms with Crippen LogP contribution in [0, 0.1) is 0 Å². The predicted octanol–water partition coefficient (Wildman–Crippen LogP) is 15.1. The first kappa shape index (κ1) is 29.4. The Morgan fingerprint density at radius 3 is 1.43 bits per heavy atom. The van der Waals surface area contributed by atoms with Crippen molar-refractivity contribution in [3.63, 3.8) is 0 Å². The summed E-state index contributed by atoms with van der Waals surface area (Å²) in [5, 5.41) is 14.3. The molecule has 0 spiro atoms. The first-order valence-electron chi connectivity index (χ1n) is 18.5. The van der Waals surface area contributed by atoms with Crippen molar-refractivity contribution in [3.8, 4) is 33.4 Å². The first-order valence-corrected chi connectivity index (χ1v) is 18.5. The van der Waals surface area contributed by atoms with Gasteiger partial charge < -0.3 is 8.83 Å². The number of hydrogen-bond donors (Lipinski definition) is 0. The van der Waals surface area contributed by atoms with E-state index in [-0.39, 0.29) is 0 Å². The monoisotopic (exact) mass is 686 g/mol. The molecule has 0 saturated heterocycles. The Hall–Kier alpha value is -7.16. The quantitative estimate of drug-likeness (QED) is 0.137. The molecule has 2 heterocycles. The average Bonchev–Trinajstić information content (AvgIpc) is 3.82. The molecule has 0 amide bonds. The molecule has 12 rings (SSSR count). The Balaban J connectivity index is 1.21. The number of benzene rings is 10. The Labute approximate surface area is 310 Å². The van der Waals surface area contributed by atoms with Crippen LogP contribution in [0.3, 0.4) is 0 Å². The van der Waals surface area contributed by atoms with Crippen LogP contribution < -0.4 is 0 Å². The summed E-state index contributed by atoms with van der Waals surface area (Å²) in [5.74, 6) is 0. The van der Waals surface area contributed by atoms with Crippen LogP contribution >= 0.6 is 0 Å². The molecule has 0 aliphatic carbocycles. The van der Waals surface area contributed by atoms with Crippen LogP contribution in [0.15, 0.2) is 191 Å². The van der Waals surface area contributed by atoms with Crippen molar-refractivity contribution in [1.29, 1.82) is 0 Å². The normalized spacial score (nSPS) is 12.1. The molecule has 54 heavy (non-hydrogen) atoms. The minimum atomic E-state index is 0.861. The molecule has 250 valence electrons. The van der Waals surface area contributed by atoms with Gasteiger partial charge in [0.1, 0.15) is 22.3 Å². The van der Waals surface area contributed by atoms with E-state index in [0.29, 0.717) is 0 Å². The van der Waals surface area contributed by atoms with Crippen LogP contribution in [-0.2, 0) is 0 Å². The minimum absolute atomic E-state index is 0.861. The molecule has 0 saturated carbocycles. The third-order valence-corrected chi connectivity index (χ3v) is 11.5. The number of furan rings is 2. The van der Waals surface area contributed by atoms with Crippen LogP contribution in [0.25, 0.3) is 120 Å². The Bertz CT molecular complexity index is 3450. The highest BCUT2D eigenvalue weighted by Gasteiger charge is 2.24. The SMILES string of the molecule is c1ccc2c(c1)cc(-c1c3ccccc3c(-c3ccc(-c4cccc5c4oc4ccccc45)c4oc5ccccc5c34)c3ccccc13)c1ccccc12. The predicted molar refractivity (Wildman–Crippen MR) is 227 cm³/mol. The highest BCUT2D eigenvalue weighted by Crippen LogP contribution is 2.50. The summed E-state index contributed by atoms with van der Waals surface area (Å²) < 4.78 is 13.4. The maximum Gasteiger partial charge on any atom is 0.144 e. The molecule has 0 radical (unpaired) electrons. The van der Waals surface area contributed by atoms with Crippen LogP contribution in [-0.4, -0.2) is 0 Å². The van der Waals surface area contributed by atoms with Crippen molar-refractivity contribution < 1.29 is 8.83 Å². The smallest absolute Gasteiger partial charge is 0.144 e. The Kier molecular flexibility index (Phi) is 6.09. The summed E-state index contributed by atoms with van der Waals surface area (Å²) >= 11 is 0. The minimum Gasteiger partial charge on any atom is -0.455 e. The van der Waals surface area contributed by atoms with Crippen LogP contribution in [0.5, 0.6) is 0 Å². The lowest BCUT2D eigenvalue weighted by Crippen LogP contribution is -1.93. The molecule has 0 aliphatic heterocycles. The van der Waals surface area contributed by atoms with Gasteiger partial charge in [0.05, 0.1) is 0 Å². The van der Waals surface area contributed by atoms with Gasteiger partial charge in [-0.2, -0.15) is 0 Å². The second-order valence-corrected chi connectivity index (χ2v) is 14.3. The Morgan fingerprint density at radius 1 is 0.259 bits per heavy atom. The standard InChI is InChI=1S/C52H30O2/c1-2-15-32-31(14-1)30-45(34-17-4-3-16-33(32)34)49-38-21-7-5-19-36(38)48(37-20-6-8-22-39(37)49)44-29-28-42(52-50(44)43-23-10-12-27-47(43)54-52)41-25-13-24-40-35-18-9-11-26-46(35)53-51(40)41/h1-30H. The summed E-state index contributed by atoms with van der Waals surface area (Å²) in [5.41, 5.74) is 10.4. The third kappa shape index (κ3) is 4.05. The van der Waals surface area contributed by atoms with Crippen molar-refractivity contribution in [2.45, 2.75) is 0 Å². The molecule has 2 heteroatoms. The maximum atomic E-state index is 6.89. The van der Waals surface area contributed by atoms with Gasteiger partial charge in [0, 0.05) is 32.7 Å². The van der Waals surface area contributed by atoms with E-state index in [2.05, 4.69) is 170 Å². The van der Waals surface area contributed by atoms with Gasteiger partial charge in [-0.1, -0.05) is 158 Å². The van der Waals surface area contributed by atoms with E-state index in [4.69, 9.17) is 8.83 Å². The molecule has 0 fully saturated rings. The summed E-state index contributed by atoms with van der Waals surface area (Å²) in [6, 6.07) is 65.5. The van der Waals surface area contributed by atoms with Crippen molar-refractivity contribution in [2.24, 2.45) is 0 Å². The van der Waals surface area contributed by atoms with E-state index >= 15 is 0 Å². The lowest BCUT2D eigenvalue weighted by atomic mass is 9.82. The van der Waals surface area contributed by atoms with E-state index < -0.39 is 0 Å². The zero-order valence-electron chi connectivity index (χ0n) is 29.1. The largest absolute Gasteiger partial charge is 0.455 e. The molecule has 12 aromatic rings. The summed E-state index contributed by atoms with van der Waals surface area (Å²) in [6.07, 6.45) is 0. The van der Waals surface area contributed by atoms with E-state index in [1.54, 1.807) is 0 Å². The fourth-order valence-electron chi connectivity index (χ4n) is 9.18. The van der Waals surface area contributed by atoms with Crippen molar-refractivity contribution in [1.82, 2.24) is 0 Å². The molecule has 2 aromatic heterocycles. The molecule has 0 aliphatic rings. The number of para-hydroxylation sites is 3. The van der Waals surface area contributed by atoms with Gasteiger partial charge in [-0.05, 0) is 89.6 Å². The van der Waals surface area contributed by atoms with Crippen molar-refractivity contribution >= 4 is 87.0 Å². The highest BCUT2D eigenvalue weighted by molar-refractivity contribution is 6.29. The van der Waals surface area contributed by atoms with Gasteiger partial charge in [-0.15, -0.1) is 0 Å². The number of rotatable bonds is 3. The molecule has 0 unspecified atom stereocenters. The van der Waals surface area contributed by atoms with E-state index in [1.807, 2.05) is 12.1 Å². The Morgan fingerprint density at radius 2 is 0.722 bits per heavy atom. The average molecular weight is 687 g/mol. The van der Waals surface area contributed by atoms with Crippen LogP contribution in [0.2, 0.25) is 0 Å². The second-order valence-electron chi connectivity index (χ2n) is 14.3. The lowest BCUT2D eigenvalue weighted by Gasteiger charge is -2.20. The highest BCUT2D eigenvalue weighted by atomic mass is 16.3. The van der Waals surface area contributed by atoms with Crippen molar-refractivity contribution in [2.75, 3.05) is 0 Å². The summed E-state index contributed by atoms with van der Waals surface area (Å²) in [7, 11) is 0. The molecular formula is C52H30O2. The van der Waals surface area contributed by atoms with Gasteiger partial charge in [-0.3, -0.25) is 0 Å². The van der Waals surface area contributed by atoms with Gasteiger partial charge >= 0.3 is 0 Å². The number of hydrogen-bond acceptors (Lipinski definition) is 2. The van der Waals surface area contributed by atoms with Gasteiger partial charge in [0.15, 0.2) is 0 Å².